The zero-order valence-electron chi connectivity index (χ0n) is 10.6. The minimum Gasteiger partial charge on any atom is -0.495 e. The number of methoxy groups -OCH3 is 1. The Morgan fingerprint density at radius 1 is 1.35 bits per heavy atom. The summed E-state index contributed by atoms with van der Waals surface area (Å²) in [7, 11) is -2.85. The maximum absolute atomic E-state index is 12.1. The molecule has 0 aliphatic heterocycles. The molecule has 112 valence electrons. The minimum atomic E-state index is -4.06. The number of carboxylic acids is 1. The van der Waals surface area contributed by atoms with Crippen molar-refractivity contribution in [3.05, 3.63) is 23.8 Å². The van der Waals surface area contributed by atoms with E-state index in [2.05, 4.69) is 4.72 Å². The monoisotopic (exact) mass is 305 g/mol. The van der Waals surface area contributed by atoms with Gasteiger partial charge in [0, 0.05) is 0 Å². The summed E-state index contributed by atoms with van der Waals surface area (Å²) in [6, 6.07) is 2.22. The number of hydrogen-bond acceptors (Lipinski definition) is 6. The van der Waals surface area contributed by atoms with E-state index in [1.165, 1.54) is 7.11 Å². The summed E-state index contributed by atoms with van der Waals surface area (Å²) in [6.45, 7) is -1.16. The second kappa shape index (κ2) is 6.66. The maximum atomic E-state index is 12.1. The van der Waals surface area contributed by atoms with Gasteiger partial charge in [-0.15, -0.1) is 0 Å². The summed E-state index contributed by atoms with van der Waals surface area (Å²) in [5.41, 5.74) is -0.123. The summed E-state index contributed by atoms with van der Waals surface area (Å²) in [5, 5.41) is 26.6. The summed E-state index contributed by atoms with van der Waals surface area (Å²) in [6.07, 6.45) is 0. The van der Waals surface area contributed by atoms with Gasteiger partial charge in [-0.1, -0.05) is 0 Å². The topological polar surface area (TPSA) is 133 Å². The van der Waals surface area contributed by atoms with Gasteiger partial charge in [-0.2, -0.15) is 0 Å². The third kappa shape index (κ3) is 3.67. The lowest BCUT2D eigenvalue weighted by Gasteiger charge is -2.15. The highest BCUT2D eigenvalue weighted by Gasteiger charge is 2.24. The van der Waals surface area contributed by atoms with Crippen LogP contribution in [0.3, 0.4) is 0 Å². The number of ether oxygens (including phenoxy) is 1. The number of sulfonamides is 1. The molecule has 1 rings (SSSR count). The first kappa shape index (κ1) is 16.4. The third-order valence-electron chi connectivity index (χ3n) is 2.46. The number of aliphatic hydroxyl groups excluding tert-OH is 2. The normalized spacial score (nSPS) is 11.6. The van der Waals surface area contributed by atoms with Crippen molar-refractivity contribution in [1.82, 2.24) is 4.72 Å². The van der Waals surface area contributed by atoms with Gasteiger partial charge >= 0.3 is 5.97 Å². The molecule has 9 heteroatoms. The highest BCUT2D eigenvalue weighted by Crippen LogP contribution is 2.25. The Morgan fingerprint density at radius 2 is 1.95 bits per heavy atom. The van der Waals surface area contributed by atoms with E-state index < -0.39 is 35.2 Å². The number of nitrogens with one attached hydrogen (secondary N) is 1. The molecule has 0 radical (unpaired) electrons. The maximum Gasteiger partial charge on any atom is 0.335 e. The van der Waals surface area contributed by atoms with Crippen molar-refractivity contribution in [2.45, 2.75) is 10.9 Å². The second-order valence-corrected chi connectivity index (χ2v) is 5.54. The first-order valence-electron chi connectivity index (χ1n) is 5.51. The molecule has 0 atom stereocenters. The summed E-state index contributed by atoms with van der Waals surface area (Å²) in [4.78, 5) is 10.5. The van der Waals surface area contributed by atoms with Gasteiger partial charge in [-0.05, 0) is 18.2 Å². The molecule has 0 heterocycles. The standard InChI is InChI=1S/C11H15NO7S/c1-19-9-4-7(11(15)16)2-3-10(9)20(17,18)12-8(5-13)6-14/h2-4,8,12-14H,5-6H2,1H3,(H,15,16). The highest BCUT2D eigenvalue weighted by atomic mass is 32.2. The number of benzene rings is 1. The van der Waals surface area contributed by atoms with Gasteiger partial charge in [-0.25, -0.2) is 17.9 Å². The number of carboxylic acid groups (broad SMARTS) is 1. The van der Waals surface area contributed by atoms with Crippen LogP contribution in [-0.2, 0) is 10.0 Å². The third-order valence-corrected chi connectivity index (χ3v) is 4.02. The Hall–Kier alpha value is -1.68. The fourth-order valence-corrected chi connectivity index (χ4v) is 2.81. The molecule has 0 aromatic heterocycles. The number of rotatable bonds is 7. The van der Waals surface area contributed by atoms with Gasteiger partial charge in [0.1, 0.15) is 10.6 Å². The van der Waals surface area contributed by atoms with E-state index in [-0.39, 0.29) is 16.2 Å². The smallest absolute Gasteiger partial charge is 0.335 e. The fourth-order valence-electron chi connectivity index (χ4n) is 1.44. The van der Waals surface area contributed by atoms with Crippen molar-refractivity contribution in [3.8, 4) is 5.75 Å². The van der Waals surface area contributed by atoms with Crippen molar-refractivity contribution < 1.29 is 33.3 Å². The molecule has 4 N–H and O–H groups in total. The molecule has 0 bridgehead atoms. The van der Waals surface area contributed by atoms with Crippen LogP contribution >= 0.6 is 0 Å². The van der Waals surface area contributed by atoms with Crippen molar-refractivity contribution >= 4 is 16.0 Å². The molecule has 8 nitrogen and oxygen atoms in total. The molecule has 20 heavy (non-hydrogen) atoms. The minimum absolute atomic E-state index is 0.123. The van der Waals surface area contributed by atoms with Crippen molar-refractivity contribution in [1.29, 1.82) is 0 Å². The first-order chi connectivity index (χ1) is 9.35. The molecule has 1 aromatic carbocycles. The van der Waals surface area contributed by atoms with Gasteiger partial charge in [-0.3, -0.25) is 0 Å². The predicted molar refractivity (Wildman–Crippen MR) is 68.2 cm³/mol. The van der Waals surface area contributed by atoms with E-state index in [4.69, 9.17) is 20.1 Å². The summed E-state index contributed by atoms with van der Waals surface area (Å²) >= 11 is 0. The van der Waals surface area contributed by atoms with Gasteiger partial charge in [0.2, 0.25) is 10.0 Å². The lowest BCUT2D eigenvalue weighted by molar-refractivity contribution is 0.0696. The Labute approximate surface area is 115 Å². The number of hydrogen-bond donors (Lipinski definition) is 4. The van der Waals surface area contributed by atoms with Crippen LogP contribution in [0.5, 0.6) is 5.75 Å². The van der Waals surface area contributed by atoms with Gasteiger partial charge in [0.15, 0.2) is 0 Å². The van der Waals surface area contributed by atoms with E-state index in [1.54, 1.807) is 0 Å². The molecule has 0 unspecified atom stereocenters. The van der Waals surface area contributed by atoms with Gasteiger partial charge < -0.3 is 20.1 Å². The summed E-state index contributed by atoms with van der Waals surface area (Å²) in [5.74, 6) is -1.36. The zero-order valence-corrected chi connectivity index (χ0v) is 11.4. The van der Waals surface area contributed by atoms with Gasteiger partial charge in [0.05, 0.1) is 31.9 Å². The molecule has 0 fully saturated rings. The van der Waals surface area contributed by atoms with Crippen LogP contribution in [0.2, 0.25) is 0 Å². The zero-order chi connectivity index (χ0) is 15.3. The van der Waals surface area contributed by atoms with E-state index >= 15 is 0 Å². The fraction of sp³-hybridized carbons (Fsp3) is 0.364. The van der Waals surface area contributed by atoms with Crippen LogP contribution in [-0.4, -0.2) is 56.1 Å². The van der Waals surface area contributed by atoms with E-state index in [9.17, 15) is 13.2 Å². The van der Waals surface area contributed by atoms with Crippen LogP contribution in [0, 0.1) is 0 Å². The number of carbonyl (C=O) groups is 1. The summed E-state index contributed by atoms with van der Waals surface area (Å²) < 4.78 is 31.1. The Morgan fingerprint density at radius 3 is 2.40 bits per heavy atom. The molecule has 0 spiro atoms. The number of aromatic carboxylic acids is 1. The largest absolute Gasteiger partial charge is 0.495 e. The van der Waals surface area contributed by atoms with Crippen molar-refractivity contribution in [3.63, 3.8) is 0 Å². The molecule has 0 aliphatic rings. The lowest BCUT2D eigenvalue weighted by Crippen LogP contribution is -2.40. The van der Waals surface area contributed by atoms with E-state index in [0.717, 1.165) is 18.2 Å². The van der Waals surface area contributed by atoms with Crippen molar-refractivity contribution in [2.75, 3.05) is 20.3 Å². The molecule has 0 amide bonds. The van der Waals surface area contributed by atoms with Gasteiger partial charge in [0.25, 0.3) is 0 Å². The van der Waals surface area contributed by atoms with Crippen LogP contribution < -0.4 is 9.46 Å². The second-order valence-electron chi connectivity index (χ2n) is 3.85. The number of aliphatic hydroxyl groups is 2. The molecule has 0 aliphatic carbocycles. The SMILES string of the molecule is COc1cc(C(=O)O)ccc1S(=O)(=O)NC(CO)CO. The molecular weight excluding hydrogens is 290 g/mol. The average molecular weight is 305 g/mol. The Kier molecular flexibility index (Phi) is 5.45. The average Bonchev–Trinajstić information content (AvgIpc) is 2.43. The quantitative estimate of drug-likeness (QED) is 0.509. The predicted octanol–water partition coefficient (Wildman–Crippen LogP) is -0.975. The molecule has 0 saturated heterocycles. The van der Waals surface area contributed by atoms with Crippen molar-refractivity contribution in [2.24, 2.45) is 0 Å². The van der Waals surface area contributed by atoms with Crippen LogP contribution in [0.1, 0.15) is 10.4 Å². The molecule has 0 saturated carbocycles. The Bertz CT molecular complexity index is 580. The van der Waals surface area contributed by atoms with Crippen LogP contribution in [0.4, 0.5) is 0 Å². The van der Waals surface area contributed by atoms with Crippen LogP contribution in [0.15, 0.2) is 23.1 Å². The Balaban J connectivity index is 3.21. The molecule has 1 aromatic rings. The first-order valence-corrected chi connectivity index (χ1v) is 6.99. The highest BCUT2D eigenvalue weighted by molar-refractivity contribution is 7.89. The lowest BCUT2D eigenvalue weighted by atomic mass is 10.2. The van der Waals surface area contributed by atoms with E-state index in [1.807, 2.05) is 0 Å². The molecular formula is C11H15NO7S. The van der Waals surface area contributed by atoms with E-state index in [0.29, 0.717) is 0 Å². The van der Waals surface area contributed by atoms with Crippen LogP contribution in [0.25, 0.3) is 0 Å².